The summed E-state index contributed by atoms with van der Waals surface area (Å²) in [6.07, 6.45) is 5.85. The van der Waals surface area contributed by atoms with Gasteiger partial charge in [0.15, 0.2) is 0 Å². The van der Waals surface area contributed by atoms with Gasteiger partial charge in [0.25, 0.3) is 0 Å². The van der Waals surface area contributed by atoms with Crippen molar-refractivity contribution in [3.63, 3.8) is 0 Å². The van der Waals surface area contributed by atoms with Crippen LogP contribution in [0, 0.1) is 11.8 Å². The molecule has 62 valence electrons. The van der Waals surface area contributed by atoms with E-state index in [1.54, 1.807) is 0 Å². The first-order valence-corrected chi connectivity index (χ1v) is 4.46. The first kappa shape index (κ1) is 8.62. The fourth-order valence-electron chi connectivity index (χ4n) is 1.23. The third-order valence-electron chi connectivity index (χ3n) is 1.96. The summed E-state index contributed by atoms with van der Waals surface area (Å²) >= 11 is 0. The number of hydrogen-bond acceptors (Lipinski definition) is 1. The SMILES string of the molecule is CC#CC1OC1CCCCC. The molecule has 0 radical (unpaired) electrons. The van der Waals surface area contributed by atoms with Crippen LogP contribution in [0.3, 0.4) is 0 Å². The second-order valence-electron chi connectivity index (χ2n) is 2.99. The molecule has 0 aromatic carbocycles. The lowest BCUT2D eigenvalue weighted by molar-refractivity contribution is 0.376. The van der Waals surface area contributed by atoms with E-state index in [1.165, 1.54) is 25.7 Å². The van der Waals surface area contributed by atoms with E-state index in [4.69, 9.17) is 4.74 Å². The summed E-state index contributed by atoms with van der Waals surface area (Å²) in [5, 5.41) is 0. The highest BCUT2D eigenvalue weighted by Gasteiger charge is 2.36. The summed E-state index contributed by atoms with van der Waals surface area (Å²) in [7, 11) is 0. The zero-order valence-corrected chi connectivity index (χ0v) is 7.39. The highest BCUT2D eigenvalue weighted by molar-refractivity contribution is 5.12. The van der Waals surface area contributed by atoms with Gasteiger partial charge in [-0.3, -0.25) is 0 Å². The molecule has 0 aromatic heterocycles. The minimum absolute atomic E-state index is 0.275. The van der Waals surface area contributed by atoms with Gasteiger partial charge in [-0.15, -0.1) is 5.92 Å². The van der Waals surface area contributed by atoms with Crippen LogP contribution in [0.2, 0.25) is 0 Å². The molecule has 1 aliphatic heterocycles. The van der Waals surface area contributed by atoms with Crippen molar-refractivity contribution in [3.8, 4) is 11.8 Å². The van der Waals surface area contributed by atoms with Gasteiger partial charge in [0, 0.05) is 0 Å². The van der Waals surface area contributed by atoms with Gasteiger partial charge in [-0.1, -0.05) is 32.1 Å². The third kappa shape index (κ3) is 2.95. The van der Waals surface area contributed by atoms with E-state index < -0.39 is 0 Å². The molecular formula is C10H16O. The van der Waals surface area contributed by atoms with Crippen molar-refractivity contribution in [2.75, 3.05) is 0 Å². The van der Waals surface area contributed by atoms with Gasteiger partial charge in [0.1, 0.15) is 6.10 Å². The van der Waals surface area contributed by atoms with E-state index in [9.17, 15) is 0 Å². The fraction of sp³-hybridized carbons (Fsp3) is 0.800. The number of unbranched alkanes of at least 4 members (excludes halogenated alkanes) is 2. The Morgan fingerprint density at radius 3 is 2.82 bits per heavy atom. The number of epoxide rings is 1. The average molecular weight is 152 g/mol. The molecular weight excluding hydrogens is 136 g/mol. The van der Waals surface area contributed by atoms with E-state index >= 15 is 0 Å². The zero-order chi connectivity index (χ0) is 8.10. The maximum absolute atomic E-state index is 5.33. The summed E-state index contributed by atoms with van der Waals surface area (Å²) in [6.45, 7) is 4.09. The molecule has 0 spiro atoms. The minimum atomic E-state index is 0.275. The van der Waals surface area contributed by atoms with Crippen LogP contribution in [0.1, 0.15) is 39.5 Å². The number of ether oxygens (including phenoxy) is 1. The molecule has 1 saturated heterocycles. The summed E-state index contributed by atoms with van der Waals surface area (Å²) in [4.78, 5) is 0. The van der Waals surface area contributed by atoms with Crippen LogP contribution in [0.4, 0.5) is 0 Å². The molecule has 1 fully saturated rings. The van der Waals surface area contributed by atoms with E-state index in [-0.39, 0.29) is 6.10 Å². The molecule has 1 heteroatoms. The fourth-order valence-corrected chi connectivity index (χ4v) is 1.23. The molecule has 0 aliphatic carbocycles. The third-order valence-corrected chi connectivity index (χ3v) is 1.96. The van der Waals surface area contributed by atoms with Crippen molar-refractivity contribution in [2.45, 2.75) is 51.7 Å². The molecule has 0 aromatic rings. The normalized spacial score (nSPS) is 27.5. The van der Waals surface area contributed by atoms with Crippen molar-refractivity contribution < 1.29 is 4.74 Å². The average Bonchev–Trinajstić information content (AvgIpc) is 2.70. The van der Waals surface area contributed by atoms with Crippen molar-refractivity contribution in [1.29, 1.82) is 0 Å². The Morgan fingerprint density at radius 1 is 1.36 bits per heavy atom. The second kappa shape index (κ2) is 4.41. The molecule has 1 heterocycles. The molecule has 1 nitrogen and oxygen atoms in total. The van der Waals surface area contributed by atoms with E-state index in [1.807, 2.05) is 6.92 Å². The molecule has 11 heavy (non-hydrogen) atoms. The first-order valence-electron chi connectivity index (χ1n) is 4.46. The molecule has 1 rings (SSSR count). The van der Waals surface area contributed by atoms with Gasteiger partial charge in [0.2, 0.25) is 0 Å². The molecule has 0 saturated carbocycles. The summed E-state index contributed by atoms with van der Waals surface area (Å²) < 4.78 is 5.33. The van der Waals surface area contributed by atoms with Crippen molar-refractivity contribution >= 4 is 0 Å². The van der Waals surface area contributed by atoms with Crippen molar-refractivity contribution in [1.82, 2.24) is 0 Å². The maximum Gasteiger partial charge on any atom is 0.144 e. The molecule has 0 N–H and O–H groups in total. The lowest BCUT2D eigenvalue weighted by Crippen LogP contribution is -1.90. The highest BCUT2D eigenvalue weighted by atomic mass is 16.6. The Balaban J connectivity index is 1.98. The highest BCUT2D eigenvalue weighted by Crippen LogP contribution is 2.26. The van der Waals surface area contributed by atoms with Crippen molar-refractivity contribution in [3.05, 3.63) is 0 Å². The van der Waals surface area contributed by atoms with Gasteiger partial charge in [-0.2, -0.15) is 0 Å². The largest absolute Gasteiger partial charge is 0.356 e. The Bertz CT molecular complexity index is 163. The second-order valence-corrected chi connectivity index (χ2v) is 2.99. The minimum Gasteiger partial charge on any atom is -0.356 e. The smallest absolute Gasteiger partial charge is 0.144 e. The molecule has 2 unspecified atom stereocenters. The van der Waals surface area contributed by atoms with Crippen molar-refractivity contribution in [2.24, 2.45) is 0 Å². The summed E-state index contributed by atoms with van der Waals surface area (Å²) in [6, 6.07) is 0. The standard InChI is InChI=1S/C10H16O/c1-3-5-6-8-10-9(11-10)7-4-2/h9-10H,3,5-6,8H2,1-2H3. The summed E-state index contributed by atoms with van der Waals surface area (Å²) in [5.41, 5.74) is 0. The monoisotopic (exact) mass is 152 g/mol. The Labute approximate surface area is 69.1 Å². The summed E-state index contributed by atoms with van der Waals surface area (Å²) in [5.74, 6) is 5.90. The van der Waals surface area contributed by atoms with Gasteiger partial charge in [-0.05, 0) is 13.3 Å². The van der Waals surface area contributed by atoms with Crippen LogP contribution in [-0.4, -0.2) is 12.2 Å². The maximum atomic E-state index is 5.33. The lowest BCUT2D eigenvalue weighted by Gasteiger charge is -1.91. The van der Waals surface area contributed by atoms with Crippen LogP contribution < -0.4 is 0 Å². The molecule has 0 amide bonds. The zero-order valence-electron chi connectivity index (χ0n) is 7.39. The van der Waals surface area contributed by atoms with Crippen LogP contribution in [0.25, 0.3) is 0 Å². The van der Waals surface area contributed by atoms with Crippen LogP contribution in [0.5, 0.6) is 0 Å². The van der Waals surface area contributed by atoms with E-state index in [0.717, 1.165) is 0 Å². The molecule has 2 atom stereocenters. The van der Waals surface area contributed by atoms with Crippen LogP contribution >= 0.6 is 0 Å². The lowest BCUT2D eigenvalue weighted by atomic mass is 10.1. The quantitative estimate of drug-likeness (QED) is 0.342. The van der Waals surface area contributed by atoms with E-state index in [2.05, 4.69) is 18.8 Å². The Kier molecular flexibility index (Phi) is 3.45. The first-order chi connectivity index (χ1) is 5.38. The van der Waals surface area contributed by atoms with Gasteiger partial charge >= 0.3 is 0 Å². The molecule has 0 bridgehead atoms. The predicted octanol–water partition coefficient (Wildman–Crippen LogP) is 2.36. The van der Waals surface area contributed by atoms with Gasteiger partial charge < -0.3 is 4.74 Å². The van der Waals surface area contributed by atoms with Crippen LogP contribution in [0.15, 0.2) is 0 Å². The van der Waals surface area contributed by atoms with Gasteiger partial charge in [-0.25, -0.2) is 0 Å². The predicted molar refractivity (Wildman–Crippen MR) is 46.3 cm³/mol. The number of rotatable bonds is 4. The Hall–Kier alpha value is -0.480. The Morgan fingerprint density at radius 2 is 2.18 bits per heavy atom. The van der Waals surface area contributed by atoms with E-state index in [0.29, 0.717) is 6.10 Å². The van der Waals surface area contributed by atoms with Crippen LogP contribution in [-0.2, 0) is 4.74 Å². The topological polar surface area (TPSA) is 12.5 Å². The number of hydrogen-bond donors (Lipinski definition) is 0. The molecule has 1 aliphatic rings. The van der Waals surface area contributed by atoms with Gasteiger partial charge in [0.05, 0.1) is 6.10 Å².